The van der Waals surface area contributed by atoms with Crippen LogP contribution in [0, 0.1) is 0 Å². The van der Waals surface area contributed by atoms with Crippen molar-refractivity contribution in [2.75, 3.05) is 13.2 Å². The first-order valence-corrected chi connectivity index (χ1v) is 17.5. The zero-order valence-corrected chi connectivity index (χ0v) is 27.1. The first-order valence-electron chi connectivity index (χ1n) is 17.5. The molecule has 0 amide bonds. The number of unbranched alkanes of at least 4 members (excludes halogenated alkanes) is 24. The second-order valence-corrected chi connectivity index (χ2v) is 11.7. The first-order chi connectivity index (χ1) is 20.5. The second kappa shape index (κ2) is 39.3. The van der Waals surface area contributed by atoms with Gasteiger partial charge in [0, 0.05) is 25.7 Å². The Kier molecular flexibility index (Phi) is 39.8. The third kappa shape index (κ3) is 45.3. The van der Waals surface area contributed by atoms with Crippen LogP contribution in [0.15, 0.2) is 24.3 Å². The Labute approximate surface area is 259 Å². The van der Waals surface area contributed by atoms with Gasteiger partial charge in [-0.25, -0.2) is 4.79 Å². The van der Waals surface area contributed by atoms with Gasteiger partial charge < -0.3 is 20.4 Å². The van der Waals surface area contributed by atoms with E-state index in [9.17, 15) is 9.59 Å². The molecule has 0 fully saturated rings. The van der Waals surface area contributed by atoms with Crippen LogP contribution in [0.4, 0.5) is 0 Å². The van der Waals surface area contributed by atoms with Gasteiger partial charge in [0.25, 0.3) is 0 Å². The molecule has 0 radical (unpaired) electrons. The summed E-state index contributed by atoms with van der Waals surface area (Å²) in [6, 6.07) is 0. The Morgan fingerprint density at radius 2 is 0.667 bits per heavy atom. The Bertz CT molecular complexity index is 602. The SMILES string of the molecule is O=C(O)/C=C/CCCCCCCCCCCCCCCO.O=C(O)CCCCCCC/C=C/CCCCCCCCO. The van der Waals surface area contributed by atoms with E-state index in [-0.39, 0.29) is 0 Å². The van der Waals surface area contributed by atoms with Crippen molar-refractivity contribution >= 4 is 11.9 Å². The Hall–Kier alpha value is -1.66. The maximum atomic E-state index is 10.3. The van der Waals surface area contributed by atoms with E-state index in [1.165, 1.54) is 128 Å². The fourth-order valence-electron chi connectivity index (χ4n) is 4.89. The molecular weight excluding hydrogens is 528 g/mol. The summed E-state index contributed by atoms with van der Waals surface area (Å²) < 4.78 is 0. The summed E-state index contributed by atoms with van der Waals surface area (Å²) >= 11 is 0. The highest BCUT2D eigenvalue weighted by molar-refractivity contribution is 5.79. The van der Waals surface area contributed by atoms with Crippen LogP contribution in [-0.4, -0.2) is 45.6 Å². The molecule has 0 aromatic heterocycles. The molecule has 0 heterocycles. The van der Waals surface area contributed by atoms with Crippen molar-refractivity contribution in [3.63, 3.8) is 0 Å². The summed E-state index contributed by atoms with van der Waals surface area (Å²) in [5.41, 5.74) is 0. The largest absolute Gasteiger partial charge is 0.481 e. The summed E-state index contributed by atoms with van der Waals surface area (Å²) in [6.45, 7) is 0.679. The predicted molar refractivity (Wildman–Crippen MR) is 177 cm³/mol. The van der Waals surface area contributed by atoms with Crippen LogP contribution in [0.3, 0.4) is 0 Å². The molecule has 0 aromatic carbocycles. The Morgan fingerprint density at radius 3 is 0.976 bits per heavy atom. The lowest BCUT2D eigenvalue weighted by atomic mass is 10.0. The van der Waals surface area contributed by atoms with E-state index < -0.39 is 11.9 Å². The third-order valence-corrected chi connectivity index (χ3v) is 7.50. The summed E-state index contributed by atoms with van der Waals surface area (Å²) in [5, 5.41) is 34.3. The minimum absolute atomic E-state index is 0.319. The van der Waals surface area contributed by atoms with Crippen molar-refractivity contribution in [2.45, 2.75) is 180 Å². The monoisotopic (exact) mass is 597 g/mol. The Morgan fingerprint density at radius 1 is 0.381 bits per heavy atom. The van der Waals surface area contributed by atoms with Gasteiger partial charge in [0.2, 0.25) is 0 Å². The predicted octanol–water partition coefficient (Wildman–Crippen LogP) is 10.2. The van der Waals surface area contributed by atoms with Crippen molar-refractivity contribution in [2.24, 2.45) is 0 Å². The number of allylic oxidation sites excluding steroid dienone is 3. The average Bonchev–Trinajstić information content (AvgIpc) is 2.97. The topological polar surface area (TPSA) is 115 Å². The number of carboxylic acid groups (broad SMARTS) is 2. The van der Waals surface area contributed by atoms with Gasteiger partial charge in [-0.2, -0.15) is 0 Å². The molecule has 0 spiro atoms. The zero-order chi connectivity index (χ0) is 31.2. The van der Waals surface area contributed by atoms with Crippen LogP contribution in [0.25, 0.3) is 0 Å². The molecule has 0 bridgehead atoms. The zero-order valence-electron chi connectivity index (χ0n) is 27.1. The van der Waals surface area contributed by atoms with Crippen molar-refractivity contribution in [1.29, 1.82) is 0 Å². The maximum absolute atomic E-state index is 10.3. The standard InChI is InChI=1S/2C18H34O3/c2*19-17-15-13-11-9-7-5-3-1-2-4-6-8-10-12-14-16-18(20)21/h14,16,19H,1-13,15,17H2,(H,20,21);1-2,19H,3-17H2,(H,20,21)/b16-14+;2-1+. The van der Waals surface area contributed by atoms with Crippen molar-refractivity contribution < 1.29 is 30.0 Å². The molecule has 0 aliphatic carbocycles. The van der Waals surface area contributed by atoms with Crippen LogP contribution in [0.1, 0.15) is 180 Å². The van der Waals surface area contributed by atoms with Crippen molar-refractivity contribution in [1.82, 2.24) is 0 Å². The number of aliphatic hydroxyl groups is 2. The Balaban J connectivity index is 0. The van der Waals surface area contributed by atoms with Gasteiger partial charge in [-0.05, 0) is 57.8 Å². The van der Waals surface area contributed by atoms with Crippen LogP contribution < -0.4 is 0 Å². The minimum atomic E-state index is -0.844. The fraction of sp³-hybridized carbons (Fsp3) is 0.833. The third-order valence-electron chi connectivity index (χ3n) is 7.50. The lowest BCUT2D eigenvalue weighted by Crippen LogP contribution is -1.93. The highest BCUT2D eigenvalue weighted by atomic mass is 16.4. The van der Waals surface area contributed by atoms with Crippen LogP contribution in [-0.2, 0) is 9.59 Å². The highest BCUT2D eigenvalue weighted by Crippen LogP contribution is 2.13. The van der Waals surface area contributed by atoms with Gasteiger partial charge in [-0.15, -0.1) is 0 Å². The molecule has 6 nitrogen and oxygen atoms in total. The van der Waals surface area contributed by atoms with E-state index in [1.54, 1.807) is 6.08 Å². The number of hydrogen-bond acceptors (Lipinski definition) is 4. The van der Waals surface area contributed by atoms with Gasteiger partial charge in [0.05, 0.1) is 0 Å². The summed E-state index contributed by atoms with van der Waals surface area (Å²) in [5.74, 6) is -1.52. The average molecular weight is 597 g/mol. The summed E-state index contributed by atoms with van der Waals surface area (Å²) in [7, 11) is 0. The molecule has 42 heavy (non-hydrogen) atoms. The molecule has 0 saturated carbocycles. The molecular formula is C36H68O6. The first kappa shape index (κ1) is 42.5. The molecule has 0 aromatic rings. The maximum Gasteiger partial charge on any atom is 0.327 e. The van der Waals surface area contributed by atoms with Gasteiger partial charge in [-0.3, -0.25) is 4.79 Å². The lowest BCUT2D eigenvalue weighted by Gasteiger charge is -2.02. The van der Waals surface area contributed by atoms with Crippen LogP contribution in [0.2, 0.25) is 0 Å². The number of rotatable bonds is 32. The van der Waals surface area contributed by atoms with E-state index in [0.717, 1.165) is 51.4 Å². The number of carbonyl (C=O) groups is 2. The number of hydrogen-bond donors (Lipinski definition) is 4. The molecule has 0 aliphatic heterocycles. The molecule has 248 valence electrons. The normalized spacial score (nSPS) is 11.3. The van der Waals surface area contributed by atoms with E-state index in [2.05, 4.69) is 12.2 Å². The minimum Gasteiger partial charge on any atom is -0.481 e. The van der Waals surface area contributed by atoms with Crippen molar-refractivity contribution in [3.05, 3.63) is 24.3 Å². The summed E-state index contributed by atoms with van der Waals surface area (Å²) in [6.07, 6.45) is 40.3. The molecule has 0 rings (SSSR count). The van der Waals surface area contributed by atoms with Gasteiger partial charge in [-0.1, -0.05) is 134 Å². The molecule has 0 saturated heterocycles. The number of aliphatic hydroxyl groups excluding tert-OH is 2. The molecule has 6 heteroatoms. The van der Waals surface area contributed by atoms with Gasteiger partial charge in [0.1, 0.15) is 0 Å². The van der Waals surface area contributed by atoms with Gasteiger partial charge >= 0.3 is 11.9 Å². The van der Waals surface area contributed by atoms with E-state index in [4.69, 9.17) is 20.4 Å². The quantitative estimate of drug-likeness (QED) is 0.0349. The van der Waals surface area contributed by atoms with Gasteiger partial charge in [0.15, 0.2) is 0 Å². The molecule has 0 atom stereocenters. The van der Waals surface area contributed by atoms with E-state index >= 15 is 0 Å². The molecule has 4 N–H and O–H groups in total. The van der Waals surface area contributed by atoms with Crippen LogP contribution in [0.5, 0.6) is 0 Å². The van der Waals surface area contributed by atoms with Crippen LogP contribution >= 0.6 is 0 Å². The lowest BCUT2D eigenvalue weighted by molar-refractivity contribution is -0.137. The van der Waals surface area contributed by atoms with E-state index in [1.807, 2.05) is 0 Å². The summed E-state index contributed by atoms with van der Waals surface area (Å²) in [4.78, 5) is 20.6. The molecule has 0 unspecified atom stereocenters. The number of aliphatic carboxylic acids is 2. The second-order valence-electron chi connectivity index (χ2n) is 11.7. The fourth-order valence-corrected chi connectivity index (χ4v) is 4.89. The highest BCUT2D eigenvalue weighted by Gasteiger charge is 1.96. The molecule has 0 aliphatic rings. The smallest absolute Gasteiger partial charge is 0.327 e. The van der Waals surface area contributed by atoms with Crippen molar-refractivity contribution in [3.8, 4) is 0 Å². The number of carboxylic acids is 2. The van der Waals surface area contributed by atoms with E-state index in [0.29, 0.717) is 19.6 Å².